The Morgan fingerprint density at radius 3 is 0.881 bits per heavy atom. The molecule has 0 unspecified atom stereocenters. The van der Waals surface area contributed by atoms with Crippen molar-refractivity contribution >= 4 is 156 Å². The Morgan fingerprint density at radius 1 is 0.330 bits per heavy atom. The predicted molar refractivity (Wildman–Crippen MR) is 474 cm³/mol. The lowest BCUT2D eigenvalue weighted by molar-refractivity contribution is -0.133. The number of unbranched alkanes of at least 4 members (excludes halogenated alkanes) is 8. The molecule has 0 spiro atoms. The van der Waals surface area contributed by atoms with Crippen LogP contribution >= 0.6 is 79.6 Å². The zero-order chi connectivity index (χ0) is 77.8. The highest BCUT2D eigenvalue weighted by Gasteiger charge is 2.53. The summed E-state index contributed by atoms with van der Waals surface area (Å²) in [6.07, 6.45) is 16.6. The van der Waals surface area contributed by atoms with Crippen LogP contribution in [0.2, 0.25) is 0 Å². The predicted octanol–water partition coefficient (Wildman–Crippen LogP) is 27.5. The first-order chi connectivity index (χ1) is 52.3. The molecule has 3 aliphatic rings. The number of ether oxygens (including phenoxy) is 2. The zero-order valence-electron chi connectivity index (χ0n) is 65.1. The summed E-state index contributed by atoms with van der Waals surface area (Å²) in [6, 6.07) is 82.4. The molecule has 3 saturated heterocycles. The van der Waals surface area contributed by atoms with E-state index in [0.717, 1.165) is 118 Å². The zero-order valence-corrected chi connectivity index (χ0v) is 73.1. The van der Waals surface area contributed by atoms with Gasteiger partial charge in [-0.25, -0.2) is 4.39 Å². The van der Waals surface area contributed by atoms with Crippen LogP contribution in [-0.4, -0.2) is 56.5 Å². The molecule has 0 bridgehead atoms. The lowest BCUT2D eigenvalue weighted by atomic mass is 9.79. The van der Waals surface area contributed by atoms with Crippen LogP contribution in [0.3, 0.4) is 0 Å². The second kappa shape index (κ2) is 39.9. The van der Waals surface area contributed by atoms with E-state index in [-0.39, 0.29) is 11.2 Å². The van der Waals surface area contributed by atoms with Gasteiger partial charge in [0.15, 0.2) is 0 Å². The Morgan fingerprint density at radius 2 is 0.578 bits per heavy atom. The molecular weight excluding hydrogens is 1680 g/mol. The Kier molecular flexibility index (Phi) is 31.2. The molecule has 0 radical (unpaired) electrons. The van der Waals surface area contributed by atoms with Crippen molar-refractivity contribution in [3.05, 3.63) is 282 Å². The number of benzene rings is 10. The molecule has 9 nitrogen and oxygen atoms in total. The summed E-state index contributed by atoms with van der Waals surface area (Å²) in [7, 11) is -0.910. The summed E-state index contributed by atoms with van der Waals surface area (Å²) in [6.45, 7) is 25.7. The molecule has 0 aliphatic carbocycles. The Balaban J connectivity index is 0.000000195. The lowest BCUT2D eigenvalue weighted by Gasteiger charge is -2.40. The third-order valence-electron chi connectivity index (χ3n) is 21.2. The molecule has 0 aromatic heterocycles. The van der Waals surface area contributed by atoms with Gasteiger partial charge in [-0.15, -0.1) is 0 Å². The van der Waals surface area contributed by atoms with E-state index in [4.69, 9.17) is 28.1 Å². The summed E-state index contributed by atoms with van der Waals surface area (Å²) < 4.78 is 56.1. The Labute approximate surface area is 692 Å². The third-order valence-corrected chi connectivity index (χ3v) is 23.9. The SMILES string of the molecule is Brc1ccc(N(c2ccc(Br)cc2)c2ccc(Br)cc2)cc1.CCC1(COc2ccc(Br)cc2)COC1.CCCCCCCCc1ccc(Br)cc1.CCCCCCc1ccc(N(c2ccc(F)cc2)c2ccc(N(c3ccc(B4OC(C)(C)C(C)(C)O4)cc3)c3ccc(B4OC(C)(C)C(C)(C)O4)cc3)cc2)cc1. The second-order valence-corrected chi connectivity index (χ2v) is 35.1. The highest BCUT2D eigenvalue weighted by Crippen LogP contribution is 2.43. The number of rotatable bonds is 27. The van der Waals surface area contributed by atoms with E-state index < -0.39 is 36.6 Å². The standard InChI is InChI=1S/C48H57B2FN2O4.C18H12Br3N.C14H21Br.C12H15BrO2/c1-10-11-12-13-14-35-15-23-39(24-16-35)52(42-29-21-38(51)22-30-42)43-31-33-44(34-32-43)53(40-25-17-36(18-26-40)49-54-45(2,3)46(4,5)55-49)41-27-19-37(20-28-41)50-56-47(6,7)48(8,9)57-50;19-13-1-7-16(8-2-13)22(17-9-3-14(20)4-10-17)18-11-5-15(21)6-12-18;1-2-3-4-5-6-7-8-13-9-11-14(15)12-10-13;1-2-12(7-14-8-12)9-15-11-5-3-10(13)4-6-11/h15-34H,10-14H2,1-9H3;1-12H;9-12H,2-8H2,1H3;3-6H,2,7-9H2,1H3. The summed E-state index contributed by atoms with van der Waals surface area (Å²) in [5.41, 5.74) is 12.4. The molecule has 0 atom stereocenters. The fourth-order valence-electron chi connectivity index (χ4n) is 12.8. The summed E-state index contributed by atoms with van der Waals surface area (Å²) in [5, 5.41) is 0. The van der Waals surface area contributed by atoms with Crippen LogP contribution in [0, 0.1) is 11.2 Å². The van der Waals surface area contributed by atoms with Gasteiger partial charge in [-0.2, -0.15) is 0 Å². The van der Waals surface area contributed by atoms with Gasteiger partial charge in [0.25, 0.3) is 0 Å². The second-order valence-electron chi connectivity index (χ2n) is 30.5. The smallest absolute Gasteiger partial charge is 0.493 e. The first-order valence-electron chi connectivity index (χ1n) is 38.5. The van der Waals surface area contributed by atoms with Gasteiger partial charge in [0.1, 0.15) is 11.6 Å². The van der Waals surface area contributed by atoms with Crippen LogP contribution < -0.4 is 30.4 Å². The molecule has 0 saturated carbocycles. The van der Waals surface area contributed by atoms with Gasteiger partial charge >= 0.3 is 14.2 Å². The highest BCUT2D eigenvalue weighted by molar-refractivity contribution is 9.11. The summed E-state index contributed by atoms with van der Waals surface area (Å²) in [5.74, 6) is 0.666. The molecule has 3 aliphatic heterocycles. The van der Waals surface area contributed by atoms with E-state index in [2.05, 4.69) is 365 Å². The minimum Gasteiger partial charge on any atom is -0.493 e. The third kappa shape index (κ3) is 23.6. The number of anilines is 9. The van der Waals surface area contributed by atoms with Gasteiger partial charge < -0.3 is 42.8 Å². The van der Waals surface area contributed by atoms with Gasteiger partial charge in [0.2, 0.25) is 0 Å². The monoisotopic (exact) mass is 1780 g/mol. The van der Waals surface area contributed by atoms with Crippen molar-refractivity contribution in [2.75, 3.05) is 34.5 Å². The van der Waals surface area contributed by atoms with Crippen LogP contribution in [0.25, 0.3) is 0 Å². The normalized spacial score (nSPS) is 15.4. The van der Waals surface area contributed by atoms with Crippen LogP contribution in [0.1, 0.15) is 158 Å². The molecule has 10 aromatic rings. The number of aryl methyl sites for hydroxylation is 2. The molecular formula is C92H105B2Br5FN3O6. The molecule has 109 heavy (non-hydrogen) atoms. The minimum atomic E-state index is -0.455. The molecule has 0 amide bonds. The van der Waals surface area contributed by atoms with Crippen molar-refractivity contribution in [2.24, 2.45) is 5.41 Å². The van der Waals surface area contributed by atoms with Gasteiger partial charge in [0, 0.05) is 73.6 Å². The number of hydrogen-bond acceptors (Lipinski definition) is 9. The fourth-order valence-corrected chi connectivity index (χ4v) is 14.2. The largest absolute Gasteiger partial charge is 0.494 e. The molecule has 3 heterocycles. The van der Waals surface area contributed by atoms with E-state index in [1.165, 1.54) is 98.4 Å². The summed E-state index contributed by atoms with van der Waals surface area (Å²) in [4.78, 5) is 6.64. The van der Waals surface area contributed by atoms with E-state index in [0.29, 0.717) is 0 Å². The topological polar surface area (TPSA) is 65.1 Å². The first-order valence-corrected chi connectivity index (χ1v) is 42.5. The highest BCUT2D eigenvalue weighted by atomic mass is 79.9. The maximum Gasteiger partial charge on any atom is 0.494 e. The molecule has 17 heteroatoms. The van der Waals surface area contributed by atoms with E-state index >= 15 is 0 Å². The van der Waals surface area contributed by atoms with Crippen LogP contribution in [-0.2, 0) is 36.2 Å². The van der Waals surface area contributed by atoms with Crippen LogP contribution in [0.15, 0.2) is 265 Å². The van der Waals surface area contributed by atoms with Crippen molar-refractivity contribution in [3.63, 3.8) is 0 Å². The minimum absolute atomic E-state index is 0.257. The summed E-state index contributed by atoms with van der Waals surface area (Å²) >= 11 is 17.3. The van der Waals surface area contributed by atoms with Gasteiger partial charge in [-0.3, -0.25) is 0 Å². The first kappa shape index (κ1) is 85.1. The molecule has 13 rings (SSSR count). The number of hydrogen-bond donors (Lipinski definition) is 0. The fraction of sp³-hybridized carbons (Fsp3) is 0.348. The van der Waals surface area contributed by atoms with Crippen LogP contribution in [0.4, 0.5) is 55.6 Å². The van der Waals surface area contributed by atoms with Crippen molar-refractivity contribution in [1.82, 2.24) is 0 Å². The van der Waals surface area contributed by atoms with Crippen molar-refractivity contribution < 1.29 is 32.5 Å². The lowest BCUT2D eigenvalue weighted by Crippen LogP contribution is -2.46. The molecule has 10 aromatic carbocycles. The molecule has 3 fully saturated rings. The van der Waals surface area contributed by atoms with E-state index in [1.54, 1.807) is 0 Å². The number of nitrogens with zero attached hydrogens (tertiary/aromatic N) is 3. The Hall–Kier alpha value is -6.34. The Bertz CT molecular complexity index is 4160. The van der Waals surface area contributed by atoms with E-state index in [9.17, 15) is 4.39 Å². The number of halogens is 6. The van der Waals surface area contributed by atoms with Gasteiger partial charge in [-0.1, -0.05) is 200 Å². The van der Waals surface area contributed by atoms with Gasteiger partial charge in [-0.05, 0) is 304 Å². The van der Waals surface area contributed by atoms with Crippen LogP contribution in [0.5, 0.6) is 5.75 Å². The van der Waals surface area contributed by atoms with Gasteiger partial charge in [0.05, 0.1) is 47.6 Å². The average Bonchev–Trinajstić information content (AvgIpc) is 1.54. The van der Waals surface area contributed by atoms with Crippen molar-refractivity contribution in [1.29, 1.82) is 0 Å². The maximum absolute atomic E-state index is 14.2. The maximum atomic E-state index is 14.2. The molecule has 572 valence electrons. The average molecular weight is 1790 g/mol. The van der Waals surface area contributed by atoms with Crippen molar-refractivity contribution in [2.45, 2.75) is 182 Å². The van der Waals surface area contributed by atoms with E-state index in [1.807, 2.05) is 36.4 Å². The molecule has 0 N–H and O–H groups in total. The quantitative estimate of drug-likeness (QED) is 0.0370. The van der Waals surface area contributed by atoms with Crippen molar-refractivity contribution in [3.8, 4) is 5.75 Å².